The van der Waals surface area contributed by atoms with Gasteiger partial charge in [0, 0.05) is 6.54 Å². The Kier molecular flexibility index (Phi) is 3.87. The van der Waals surface area contributed by atoms with Gasteiger partial charge in [-0.25, -0.2) is 9.97 Å². The van der Waals surface area contributed by atoms with Crippen LogP contribution in [-0.4, -0.2) is 27.2 Å². The lowest BCUT2D eigenvalue weighted by molar-refractivity contribution is 0.0696. The molecule has 0 fully saturated rings. The van der Waals surface area contributed by atoms with Crippen molar-refractivity contribution in [1.29, 1.82) is 0 Å². The van der Waals surface area contributed by atoms with E-state index in [0.29, 0.717) is 29.1 Å². The molecule has 1 atom stereocenters. The van der Waals surface area contributed by atoms with Gasteiger partial charge in [-0.3, -0.25) is 0 Å². The third-order valence-corrected chi connectivity index (χ3v) is 3.00. The van der Waals surface area contributed by atoms with Crippen molar-refractivity contribution in [3.63, 3.8) is 0 Å². The molecule has 4 N–H and O–H groups in total. The number of nitrogens with zero attached hydrogens (tertiary/aromatic N) is 2. The van der Waals surface area contributed by atoms with Crippen molar-refractivity contribution in [2.45, 2.75) is 25.9 Å². The standard InChI is InChI=1S/C9H15BrN4O/c1-3-9(2,15)4-12-8-6(10)7(11)13-5-14-8/h5,15H,3-4H2,1-2H3,(H3,11,12,13,14). The first-order chi connectivity index (χ1) is 6.96. The van der Waals surface area contributed by atoms with Crippen molar-refractivity contribution in [1.82, 2.24) is 9.97 Å². The predicted molar refractivity (Wildman–Crippen MR) is 63.5 cm³/mol. The van der Waals surface area contributed by atoms with E-state index in [1.165, 1.54) is 6.33 Å². The van der Waals surface area contributed by atoms with Gasteiger partial charge >= 0.3 is 0 Å². The normalized spacial score (nSPS) is 14.7. The van der Waals surface area contributed by atoms with E-state index in [2.05, 4.69) is 31.2 Å². The number of rotatable bonds is 4. The molecule has 5 nitrogen and oxygen atoms in total. The smallest absolute Gasteiger partial charge is 0.146 e. The van der Waals surface area contributed by atoms with Crippen molar-refractivity contribution < 1.29 is 5.11 Å². The Labute approximate surface area is 97.2 Å². The second-order valence-corrected chi connectivity index (χ2v) is 4.42. The van der Waals surface area contributed by atoms with Gasteiger partial charge < -0.3 is 16.2 Å². The molecule has 1 aromatic heterocycles. The lowest BCUT2D eigenvalue weighted by atomic mass is 10.0. The molecule has 0 aromatic carbocycles. The average Bonchev–Trinajstić information content (AvgIpc) is 2.20. The molecule has 0 saturated carbocycles. The number of aromatic nitrogens is 2. The average molecular weight is 275 g/mol. The lowest BCUT2D eigenvalue weighted by Gasteiger charge is -2.22. The Hall–Kier alpha value is -0.880. The highest BCUT2D eigenvalue weighted by molar-refractivity contribution is 9.10. The molecule has 1 heterocycles. The number of halogens is 1. The van der Waals surface area contributed by atoms with Crippen molar-refractivity contribution >= 4 is 27.6 Å². The SMILES string of the molecule is CCC(C)(O)CNc1ncnc(N)c1Br. The number of anilines is 2. The lowest BCUT2D eigenvalue weighted by Crippen LogP contribution is -2.32. The predicted octanol–water partition coefficient (Wildman–Crippen LogP) is 1.39. The highest BCUT2D eigenvalue weighted by Gasteiger charge is 2.18. The van der Waals surface area contributed by atoms with Crippen LogP contribution in [-0.2, 0) is 0 Å². The van der Waals surface area contributed by atoms with Crippen LogP contribution in [0.3, 0.4) is 0 Å². The molecule has 0 radical (unpaired) electrons. The summed E-state index contributed by atoms with van der Waals surface area (Å²) in [6.45, 7) is 4.10. The molecule has 6 heteroatoms. The largest absolute Gasteiger partial charge is 0.388 e. The summed E-state index contributed by atoms with van der Waals surface area (Å²) in [5.74, 6) is 0.972. The van der Waals surface area contributed by atoms with Gasteiger partial charge in [-0.1, -0.05) is 6.92 Å². The Bertz CT molecular complexity index is 343. The molecule has 1 rings (SSSR count). The molecule has 0 aliphatic rings. The van der Waals surface area contributed by atoms with Crippen LogP contribution in [0.25, 0.3) is 0 Å². The summed E-state index contributed by atoms with van der Waals surface area (Å²) in [6, 6.07) is 0. The fourth-order valence-electron chi connectivity index (χ4n) is 0.906. The second-order valence-electron chi connectivity index (χ2n) is 3.63. The molecule has 0 saturated heterocycles. The van der Waals surface area contributed by atoms with E-state index in [1.807, 2.05) is 6.92 Å². The molecular formula is C9H15BrN4O. The molecule has 1 unspecified atom stereocenters. The third-order valence-electron chi connectivity index (χ3n) is 2.21. The van der Waals surface area contributed by atoms with Gasteiger partial charge in [0.2, 0.25) is 0 Å². The summed E-state index contributed by atoms with van der Waals surface area (Å²) in [7, 11) is 0. The maximum Gasteiger partial charge on any atom is 0.146 e. The molecule has 0 spiro atoms. The topological polar surface area (TPSA) is 84.1 Å². The molecular weight excluding hydrogens is 260 g/mol. The van der Waals surface area contributed by atoms with Crippen LogP contribution < -0.4 is 11.1 Å². The zero-order valence-corrected chi connectivity index (χ0v) is 10.4. The zero-order valence-electron chi connectivity index (χ0n) is 8.79. The Morgan fingerprint density at radius 1 is 1.60 bits per heavy atom. The molecule has 0 aliphatic carbocycles. The minimum Gasteiger partial charge on any atom is -0.388 e. The highest BCUT2D eigenvalue weighted by Crippen LogP contribution is 2.24. The Balaban J connectivity index is 2.70. The monoisotopic (exact) mass is 274 g/mol. The van der Waals surface area contributed by atoms with Crippen LogP contribution >= 0.6 is 15.9 Å². The fourth-order valence-corrected chi connectivity index (χ4v) is 1.25. The maximum atomic E-state index is 9.79. The van der Waals surface area contributed by atoms with Crippen LogP contribution in [0.4, 0.5) is 11.6 Å². The van der Waals surface area contributed by atoms with Crippen molar-refractivity contribution in [2.75, 3.05) is 17.6 Å². The number of nitrogens with two attached hydrogens (primary N) is 1. The van der Waals surface area contributed by atoms with Crippen molar-refractivity contribution in [3.8, 4) is 0 Å². The molecule has 1 aromatic rings. The summed E-state index contributed by atoms with van der Waals surface area (Å²) in [5, 5.41) is 12.8. The number of nitrogens with one attached hydrogen (secondary N) is 1. The fraction of sp³-hybridized carbons (Fsp3) is 0.556. The first-order valence-electron chi connectivity index (χ1n) is 4.68. The summed E-state index contributed by atoms with van der Waals surface area (Å²) in [6.07, 6.45) is 2.04. The summed E-state index contributed by atoms with van der Waals surface area (Å²) >= 11 is 3.28. The van der Waals surface area contributed by atoms with E-state index in [1.54, 1.807) is 6.92 Å². The second kappa shape index (κ2) is 4.76. The van der Waals surface area contributed by atoms with E-state index in [0.717, 1.165) is 0 Å². The third kappa shape index (κ3) is 3.32. The van der Waals surface area contributed by atoms with Crippen LogP contribution in [0, 0.1) is 0 Å². The maximum absolute atomic E-state index is 9.79. The van der Waals surface area contributed by atoms with Crippen molar-refractivity contribution in [3.05, 3.63) is 10.8 Å². The van der Waals surface area contributed by atoms with E-state index in [-0.39, 0.29) is 0 Å². The van der Waals surface area contributed by atoms with Gasteiger partial charge in [-0.2, -0.15) is 0 Å². The number of nitrogen functional groups attached to an aromatic ring is 1. The number of hydrogen-bond donors (Lipinski definition) is 3. The minimum atomic E-state index is -0.751. The van der Waals surface area contributed by atoms with Crippen LogP contribution in [0.2, 0.25) is 0 Å². The van der Waals surface area contributed by atoms with Gasteiger partial charge in [-0.15, -0.1) is 0 Å². The molecule has 84 valence electrons. The number of aliphatic hydroxyl groups is 1. The Morgan fingerprint density at radius 2 is 2.27 bits per heavy atom. The quantitative estimate of drug-likeness (QED) is 0.773. The first-order valence-corrected chi connectivity index (χ1v) is 5.48. The minimum absolute atomic E-state index is 0.378. The van der Waals surface area contributed by atoms with Crippen LogP contribution in [0.15, 0.2) is 10.8 Å². The van der Waals surface area contributed by atoms with Gasteiger partial charge in [-0.05, 0) is 29.3 Å². The van der Waals surface area contributed by atoms with E-state index >= 15 is 0 Å². The van der Waals surface area contributed by atoms with Crippen LogP contribution in [0.1, 0.15) is 20.3 Å². The number of hydrogen-bond acceptors (Lipinski definition) is 5. The van der Waals surface area contributed by atoms with E-state index in [9.17, 15) is 5.11 Å². The van der Waals surface area contributed by atoms with Crippen molar-refractivity contribution in [2.24, 2.45) is 0 Å². The Morgan fingerprint density at radius 3 is 2.87 bits per heavy atom. The molecule has 0 amide bonds. The summed E-state index contributed by atoms with van der Waals surface area (Å²) < 4.78 is 0.622. The first kappa shape index (κ1) is 12.2. The van der Waals surface area contributed by atoms with Gasteiger partial charge in [0.15, 0.2) is 0 Å². The van der Waals surface area contributed by atoms with E-state index in [4.69, 9.17) is 5.73 Å². The van der Waals surface area contributed by atoms with Gasteiger partial charge in [0.1, 0.15) is 22.4 Å². The van der Waals surface area contributed by atoms with Gasteiger partial charge in [0.05, 0.1) is 5.60 Å². The summed E-state index contributed by atoms with van der Waals surface area (Å²) in [5.41, 5.74) is 4.84. The summed E-state index contributed by atoms with van der Waals surface area (Å²) in [4.78, 5) is 7.84. The molecule has 15 heavy (non-hydrogen) atoms. The van der Waals surface area contributed by atoms with E-state index < -0.39 is 5.60 Å². The van der Waals surface area contributed by atoms with Gasteiger partial charge in [0.25, 0.3) is 0 Å². The highest BCUT2D eigenvalue weighted by atomic mass is 79.9. The molecule has 0 bridgehead atoms. The zero-order chi connectivity index (χ0) is 11.5. The molecule has 0 aliphatic heterocycles. The van der Waals surface area contributed by atoms with Crippen LogP contribution in [0.5, 0.6) is 0 Å².